The first-order chi connectivity index (χ1) is 16.7. The number of hydrogen-bond donors (Lipinski definition) is 0. The molecule has 7 heteroatoms. The summed E-state index contributed by atoms with van der Waals surface area (Å²) in [4.78, 5) is 10.4. The van der Waals surface area contributed by atoms with Crippen molar-refractivity contribution in [1.82, 2.24) is 19.1 Å². The van der Waals surface area contributed by atoms with Gasteiger partial charge < -0.3 is 9.13 Å². The Kier molecular flexibility index (Phi) is 11.2. The van der Waals surface area contributed by atoms with Crippen LogP contribution >= 0.6 is 20.4 Å². The van der Waals surface area contributed by atoms with Crippen molar-refractivity contribution in [1.29, 1.82) is 0 Å². The molecule has 0 saturated heterocycles. The van der Waals surface area contributed by atoms with Gasteiger partial charge in [0.15, 0.2) is 0 Å². The van der Waals surface area contributed by atoms with Gasteiger partial charge in [0.05, 0.1) is 28.0 Å². The van der Waals surface area contributed by atoms with Gasteiger partial charge in [-0.1, -0.05) is 70.7 Å². The molecule has 0 amide bonds. The molecule has 0 fully saturated rings. The summed E-state index contributed by atoms with van der Waals surface area (Å²) in [5.74, 6) is 2.60. The Morgan fingerprint density at radius 3 is 1.53 bits per heavy atom. The molecule has 0 atom stereocenters. The third-order valence-electron chi connectivity index (χ3n) is 6.31. The van der Waals surface area contributed by atoms with Gasteiger partial charge in [0, 0.05) is 13.1 Å². The van der Waals surface area contributed by atoms with Gasteiger partial charge in [-0.2, -0.15) is 0 Å². The van der Waals surface area contributed by atoms with Crippen molar-refractivity contribution < 1.29 is 12.7 Å². The Labute approximate surface area is 218 Å². The predicted molar refractivity (Wildman–Crippen MR) is 142 cm³/mol. The normalized spacial score (nSPS) is 11.5. The van der Waals surface area contributed by atoms with Gasteiger partial charge in [-0.3, -0.25) is 0 Å². The number of imidazole rings is 2. The standard InChI is InChI=1S/C27H36N4.2ClH.Ni/c1-4-7-14-21(26-28-22-15-10-12-17-24(22)30(26)19-8-5-2)27-29-23-16-11-13-18-25(23)31(27)20-9-6-3;;;/h10-13,15-18,21H,4-9,14,19-20H2,1-3H3;2*1H;/q;;;+2/p-2. The number of aromatic nitrogens is 4. The first-order valence-corrected chi connectivity index (χ1v) is 15.1. The number of halogens is 2. The quantitative estimate of drug-likeness (QED) is 0.177. The summed E-state index contributed by atoms with van der Waals surface area (Å²) in [5, 5.41) is 0. The van der Waals surface area contributed by atoms with E-state index in [1.165, 1.54) is 61.2 Å². The van der Waals surface area contributed by atoms with E-state index in [1.807, 2.05) is 0 Å². The molecule has 0 unspecified atom stereocenters. The zero-order chi connectivity index (χ0) is 24.3. The summed E-state index contributed by atoms with van der Waals surface area (Å²) in [7, 11) is 9.40. The molecule has 4 aromatic rings. The van der Waals surface area contributed by atoms with Crippen LogP contribution in [0.15, 0.2) is 48.5 Å². The van der Waals surface area contributed by atoms with Gasteiger partial charge >= 0.3 is 33.0 Å². The number of nitrogens with zero attached hydrogens (tertiary/aromatic N) is 4. The van der Waals surface area contributed by atoms with Crippen molar-refractivity contribution in [3.8, 4) is 0 Å². The maximum absolute atomic E-state index is 5.20. The van der Waals surface area contributed by atoms with Crippen LogP contribution in [0, 0.1) is 0 Å². The number of fused-ring (bicyclic) bond motifs is 2. The molecule has 0 aliphatic heterocycles. The summed E-state index contributed by atoms with van der Waals surface area (Å²) >= 11 is 0.569. The van der Waals surface area contributed by atoms with Crippen LogP contribution in [0.2, 0.25) is 0 Å². The Balaban J connectivity index is 0.00000103. The second-order valence-corrected chi connectivity index (χ2v) is 10.3. The van der Waals surface area contributed by atoms with Gasteiger partial charge in [0.25, 0.3) is 0 Å². The van der Waals surface area contributed by atoms with Crippen molar-refractivity contribution in [3.05, 3.63) is 60.2 Å². The van der Waals surface area contributed by atoms with Crippen molar-refractivity contribution in [2.45, 2.75) is 84.7 Å². The van der Waals surface area contributed by atoms with Crippen LogP contribution in [0.3, 0.4) is 0 Å². The van der Waals surface area contributed by atoms with Crippen LogP contribution in [0.1, 0.15) is 83.3 Å². The Morgan fingerprint density at radius 1 is 0.706 bits per heavy atom. The van der Waals surface area contributed by atoms with E-state index in [-0.39, 0.29) is 5.92 Å². The van der Waals surface area contributed by atoms with Crippen molar-refractivity contribution in [2.75, 3.05) is 0 Å². The second kappa shape index (κ2) is 14.1. The molecule has 0 aliphatic rings. The molecule has 0 bridgehead atoms. The Morgan fingerprint density at radius 2 is 1.12 bits per heavy atom. The number of unbranched alkanes of at least 4 members (excludes halogenated alkanes) is 3. The van der Waals surface area contributed by atoms with Crippen LogP contribution < -0.4 is 0 Å². The molecule has 4 nitrogen and oxygen atoms in total. The maximum atomic E-state index is 5.20. The van der Waals surface area contributed by atoms with Crippen LogP contribution in [-0.2, 0) is 25.7 Å². The molecule has 0 N–H and O–H groups in total. The zero-order valence-electron chi connectivity index (χ0n) is 20.4. The van der Waals surface area contributed by atoms with E-state index < -0.39 is 0 Å². The van der Waals surface area contributed by atoms with Crippen LogP contribution in [0.25, 0.3) is 22.1 Å². The van der Waals surface area contributed by atoms with Gasteiger partial charge in [0.1, 0.15) is 11.6 Å². The minimum atomic E-state index is 0.216. The molecule has 4 rings (SSSR count). The summed E-state index contributed by atoms with van der Waals surface area (Å²) in [6.07, 6.45) is 8.14. The third kappa shape index (κ3) is 6.36. The van der Waals surface area contributed by atoms with E-state index in [1.54, 1.807) is 0 Å². The van der Waals surface area contributed by atoms with Crippen LogP contribution in [0.5, 0.6) is 0 Å². The summed E-state index contributed by atoms with van der Waals surface area (Å²) in [5.41, 5.74) is 4.71. The fraction of sp³-hybridized carbons (Fsp3) is 0.481. The van der Waals surface area contributed by atoms with E-state index in [9.17, 15) is 0 Å². The number of para-hydroxylation sites is 4. The van der Waals surface area contributed by atoms with Gasteiger partial charge in [0.2, 0.25) is 0 Å². The molecule has 2 aromatic carbocycles. The van der Waals surface area contributed by atoms with Crippen molar-refractivity contribution >= 4 is 42.5 Å². The first-order valence-electron chi connectivity index (χ1n) is 12.4. The van der Waals surface area contributed by atoms with Gasteiger partial charge in [-0.25, -0.2) is 9.97 Å². The van der Waals surface area contributed by atoms with E-state index in [2.05, 4.69) is 78.4 Å². The predicted octanol–water partition coefficient (Wildman–Crippen LogP) is 8.68. The molecule has 0 radical (unpaired) electrons. The van der Waals surface area contributed by atoms with Crippen LogP contribution in [0.4, 0.5) is 0 Å². The fourth-order valence-corrected chi connectivity index (χ4v) is 4.60. The average molecular weight is 546 g/mol. The number of aryl methyl sites for hydroxylation is 2. The molecule has 0 aliphatic carbocycles. The molecule has 0 saturated carbocycles. The summed E-state index contributed by atoms with van der Waals surface area (Å²) in [6.45, 7) is 8.83. The summed E-state index contributed by atoms with van der Waals surface area (Å²) in [6, 6.07) is 17.2. The SMILES string of the molecule is CCCCC(c1nc2ccccc2n1CCCC)c1nc2ccccc2n1CCCC.[Cl][Ni][Cl]. The molecule has 34 heavy (non-hydrogen) atoms. The van der Waals surface area contributed by atoms with E-state index >= 15 is 0 Å². The Hall–Kier alpha value is -1.55. The van der Waals surface area contributed by atoms with Crippen LogP contribution in [-0.4, -0.2) is 19.1 Å². The molecule has 0 spiro atoms. The fourth-order valence-electron chi connectivity index (χ4n) is 4.60. The average Bonchev–Trinajstić information content (AvgIpc) is 3.40. The zero-order valence-corrected chi connectivity index (χ0v) is 22.9. The van der Waals surface area contributed by atoms with E-state index in [0.29, 0.717) is 12.7 Å². The molecule has 2 heterocycles. The second-order valence-electron chi connectivity index (χ2n) is 8.67. The van der Waals surface area contributed by atoms with Gasteiger partial charge in [-0.15, -0.1) is 0 Å². The third-order valence-corrected chi connectivity index (χ3v) is 6.31. The van der Waals surface area contributed by atoms with E-state index in [4.69, 9.17) is 30.4 Å². The minimum absolute atomic E-state index is 0.216. The van der Waals surface area contributed by atoms with Crippen molar-refractivity contribution in [2.24, 2.45) is 0 Å². The first kappa shape index (κ1) is 27.0. The number of benzene rings is 2. The monoisotopic (exact) mass is 544 g/mol. The summed E-state index contributed by atoms with van der Waals surface area (Å²) < 4.78 is 4.95. The molecular weight excluding hydrogens is 510 g/mol. The molecule has 2 aromatic heterocycles. The van der Waals surface area contributed by atoms with Crippen molar-refractivity contribution in [3.63, 3.8) is 0 Å². The van der Waals surface area contributed by atoms with E-state index in [0.717, 1.165) is 30.5 Å². The number of hydrogen-bond acceptors (Lipinski definition) is 2. The molecular formula is C27H36Cl2N4Ni. The number of rotatable bonds is 11. The topological polar surface area (TPSA) is 35.6 Å². The van der Waals surface area contributed by atoms with Gasteiger partial charge in [-0.05, 0) is 43.5 Å². The Bertz CT molecular complexity index is 1070. The molecule has 188 valence electrons.